The lowest BCUT2D eigenvalue weighted by Gasteiger charge is -2.36. The quantitative estimate of drug-likeness (QED) is 0.763. The molecule has 0 aromatic carbocycles. The fourth-order valence-electron chi connectivity index (χ4n) is 2.37. The SMILES string of the molecule is CC(C#N)N1CCN(c2nccn3cnnc23)CC1. The first kappa shape index (κ1) is 11.9. The summed E-state index contributed by atoms with van der Waals surface area (Å²) in [6, 6.07) is 2.25. The van der Waals surface area contributed by atoms with Crippen LogP contribution >= 0.6 is 0 Å². The largest absolute Gasteiger partial charge is 0.351 e. The molecule has 2 aromatic rings. The maximum Gasteiger partial charge on any atom is 0.203 e. The molecule has 1 aliphatic heterocycles. The van der Waals surface area contributed by atoms with Crippen molar-refractivity contribution in [2.75, 3.05) is 31.1 Å². The van der Waals surface area contributed by atoms with Gasteiger partial charge in [0.05, 0.1) is 12.1 Å². The second kappa shape index (κ2) is 4.82. The van der Waals surface area contributed by atoms with Crippen LogP contribution in [0, 0.1) is 11.3 Å². The first-order valence-electron chi connectivity index (χ1n) is 6.32. The predicted molar refractivity (Wildman–Crippen MR) is 69.6 cm³/mol. The van der Waals surface area contributed by atoms with Gasteiger partial charge in [-0.3, -0.25) is 9.30 Å². The lowest BCUT2D eigenvalue weighted by atomic mass is 10.2. The average Bonchev–Trinajstić information content (AvgIpc) is 2.95. The zero-order valence-corrected chi connectivity index (χ0v) is 10.8. The van der Waals surface area contributed by atoms with E-state index < -0.39 is 0 Å². The second-order valence-electron chi connectivity index (χ2n) is 4.64. The molecule has 0 aliphatic carbocycles. The summed E-state index contributed by atoms with van der Waals surface area (Å²) in [5.74, 6) is 0.865. The lowest BCUT2D eigenvalue weighted by Crippen LogP contribution is -2.49. The summed E-state index contributed by atoms with van der Waals surface area (Å²) in [5, 5.41) is 17.0. The first-order valence-corrected chi connectivity index (χ1v) is 6.32. The van der Waals surface area contributed by atoms with E-state index in [4.69, 9.17) is 5.26 Å². The Bertz CT molecular complexity index is 606. The van der Waals surface area contributed by atoms with Gasteiger partial charge < -0.3 is 4.90 Å². The number of piperazine rings is 1. The number of hydrogen-bond donors (Lipinski definition) is 0. The fourth-order valence-corrected chi connectivity index (χ4v) is 2.37. The third-order valence-electron chi connectivity index (χ3n) is 3.55. The zero-order chi connectivity index (χ0) is 13.2. The minimum Gasteiger partial charge on any atom is -0.351 e. The van der Waals surface area contributed by atoms with Crippen molar-refractivity contribution in [1.29, 1.82) is 5.26 Å². The molecule has 1 aliphatic rings. The molecule has 3 rings (SSSR count). The Morgan fingerprint density at radius 2 is 2.11 bits per heavy atom. The molecule has 98 valence electrons. The van der Waals surface area contributed by atoms with Crippen molar-refractivity contribution in [3.63, 3.8) is 0 Å². The number of nitriles is 1. The summed E-state index contributed by atoms with van der Waals surface area (Å²) in [5.41, 5.74) is 0.782. The zero-order valence-electron chi connectivity index (χ0n) is 10.8. The molecular formula is C12H15N7. The van der Waals surface area contributed by atoms with Crippen molar-refractivity contribution >= 4 is 11.5 Å². The summed E-state index contributed by atoms with van der Waals surface area (Å²) >= 11 is 0. The minimum absolute atomic E-state index is 0.0287. The van der Waals surface area contributed by atoms with Crippen molar-refractivity contribution in [3.8, 4) is 6.07 Å². The summed E-state index contributed by atoms with van der Waals surface area (Å²) < 4.78 is 1.87. The van der Waals surface area contributed by atoms with Gasteiger partial charge in [0.2, 0.25) is 5.65 Å². The van der Waals surface area contributed by atoms with Gasteiger partial charge in [-0.25, -0.2) is 4.98 Å². The van der Waals surface area contributed by atoms with Crippen molar-refractivity contribution in [1.82, 2.24) is 24.5 Å². The average molecular weight is 257 g/mol. The highest BCUT2D eigenvalue weighted by Gasteiger charge is 2.23. The summed E-state index contributed by atoms with van der Waals surface area (Å²) in [7, 11) is 0. The van der Waals surface area contributed by atoms with Crippen LogP contribution in [0.25, 0.3) is 5.65 Å². The molecule has 2 aromatic heterocycles. The van der Waals surface area contributed by atoms with Crippen LogP contribution in [-0.4, -0.2) is 56.7 Å². The molecule has 0 amide bonds. The van der Waals surface area contributed by atoms with Gasteiger partial charge in [-0.1, -0.05) is 0 Å². The van der Waals surface area contributed by atoms with E-state index in [0.717, 1.165) is 37.6 Å². The van der Waals surface area contributed by atoms with Gasteiger partial charge in [-0.05, 0) is 6.92 Å². The van der Waals surface area contributed by atoms with Crippen molar-refractivity contribution in [2.45, 2.75) is 13.0 Å². The Balaban J connectivity index is 1.79. The molecule has 1 unspecified atom stereocenters. The van der Waals surface area contributed by atoms with Gasteiger partial charge in [0, 0.05) is 38.6 Å². The van der Waals surface area contributed by atoms with E-state index in [-0.39, 0.29) is 6.04 Å². The Labute approximate surface area is 111 Å². The van der Waals surface area contributed by atoms with Gasteiger partial charge in [-0.15, -0.1) is 10.2 Å². The lowest BCUT2D eigenvalue weighted by molar-refractivity contribution is 0.231. The highest BCUT2D eigenvalue weighted by atomic mass is 15.3. The predicted octanol–water partition coefficient (Wildman–Crippen LogP) is 0.158. The van der Waals surface area contributed by atoms with E-state index in [9.17, 15) is 0 Å². The standard InChI is InChI=1S/C12H15N7/c1-10(8-13)17-4-6-18(7-5-17)11-12-16-15-9-19(12)3-2-14-11/h2-3,9-10H,4-7H2,1H3. The van der Waals surface area contributed by atoms with E-state index in [0.29, 0.717) is 0 Å². The molecule has 1 atom stereocenters. The number of rotatable bonds is 2. The topological polar surface area (TPSA) is 73.4 Å². The second-order valence-corrected chi connectivity index (χ2v) is 4.64. The van der Waals surface area contributed by atoms with E-state index in [1.807, 2.05) is 17.5 Å². The van der Waals surface area contributed by atoms with Crippen molar-refractivity contribution < 1.29 is 0 Å². The minimum atomic E-state index is -0.0287. The Morgan fingerprint density at radius 3 is 2.84 bits per heavy atom. The molecule has 0 bridgehead atoms. The molecular weight excluding hydrogens is 242 g/mol. The molecule has 7 heteroatoms. The molecule has 0 spiro atoms. The van der Waals surface area contributed by atoms with Crippen LogP contribution in [0.3, 0.4) is 0 Å². The molecule has 1 fully saturated rings. The maximum absolute atomic E-state index is 8.94. The van der Waals surface area contributed by atoms with Crippen molar-refractivity contribution in [3.05, 3.63) is 18.7 Å². The van der Waals surface area contributed by atoms with Crippen molar-refractivity contribution in [2.24, 2.45) is 0 Å². The Hall–Kier alpha value is -2.20. The van der Waals surface area contributed by atoms with Crippen LogP contribution in [0.15, 0.2) is 18.7 Å². The molecule has 7 nitrogen and oxygen atoms in total. The molecule has 0 N–H and O–H groups in total. The Kier molecular flexibility index (Phi) is 3.01. The van der Waals surface area contributed by atoms with Crippen LogP contribution in [0.1, 0.15) is 6.92 Å². The normalized spacial score (nSPS) is 18.4. The van der Waals surface area contributed by atoms with E-state index in [1.165, 1.54) is 0 Å². The van der Waals surface area contributed by atoms with E-state index in [2.05, 4.69) is 31.1 Å². The highest BCUT2D eigenvalue weighted by Crippen LogP contribution is 2.18. The number of nitrogens with zero attached hydrogens (tertiary/aromatic N) is 7. The van der Waals surface area contributed by atoms with Crippen LogP contribution in [0.2, 0.25) is 0 Å². The summed E-state index contributed by atoms with van der Waals surface area (Å²) in [6.07, 6.45) is 5.28. The smallest absolute Gasteiger partial charge is 0.203 e. The summed E-state index contributed by atoms with van der Waals surface area (Å²) in [4.78, 5) is 8.79. The third-order valence-corrected chi connectivity index (χ3v) is 3.55. The third kappa shape index (κ3) is 2.11. The van der Waals surface area contributed by atoms with Gasteiger partial charge in [-0.2, -0.15) is 5.26 Å². The molecule has 3 heterocycles. The number of aromatic nitrogens is 4. The number of anilines is 1. The monoisotopic (exact) mass is 257 g/mol. The first-order chi connectivity index (χ1) is 9.29. The molecule has 0 radical (unpaired) electrons. The number of hydrogen-bond acceptors (Lipinski definition) is 6. The highest BCUT2D eigenvalue weighted by molar-refractivity contribution is 5.63. The Morgan fingerprint density at radius 1 is 1.32 bits per heavy atom. The molecule has 0 saturated carbocycles. The molecule has 19 heavy (non-hydrogen) atoms. The van der Waals surface area contributed by atoms with Gasteiger partial charge in [0.1, 0.15) is 6.33 Å². The van der Waals surface area contributed by atoms with Crippen LogP contribution in [-0.2, 0) is 0 Å². The maximum atomic E-state index is 8.94. The fraction of sp³-hybridized carbons (Fsp3) is 0.500. The van der Waals surface area contributed by atoms with Crippen LogP contribution in [0.4, 0.5) is 5.82 Å². The van der Waals surface area contributed by atoms with Gasteiger partial charge in [0.15, 0.2) is 5.82 Å². The number of fused-ring (bicyclic) bond motifs is 1. The van der Waals surface area contributed by atoms with Crippen LogP contribution < -0.4 is 4.90 Å². The van der Waals surface area contributed by atoms with E-state index in [1.54, 1.807) is 12.5 Å². The summed E-state index contributed by atoms with van der Waals surface area (Å²) in [6.45, 7) is 5.38. The van der Waals surface area contributed by atoms with Gasteiger partial charge >= 0.3 is 0 Å². The van der Waals surface area contributed by atoms with E-state index >= 15 is 0 Å². The van der Waals surface area contributed by atoms with Crippen LogP contribution in [0.5, 0.6) is 0 Å². The van der Waals surface area contributed by atoms with Gasteiger partial charge in [0.25, 0.3) is 0 Å². The molecule has 1 saturated heterocycles.